The van der Waals surface area contributed by atoms with Crippen molar-refractivity contribution in [2.24, 2.45) is 0 Å². The zero-order valence-electron chi connectivity index (χ0n) is 7.90. The second-order valence-electron chi connectivity index (χ2n) is 3.85. The van der Waals surface area contributed by atoms with Crippen molar-refractivity contribution in [1.29, 1.82) is 0 Å². The van der Waals surface area contributed by atoms with E-state index >= 15 is 0 Å². The SMILES string of the molecule is C1COC(c2noc(C3CNC3)n2)C1. The van der Waals surface area contributed by atoms with Crippen molar-refractivity contribution >= 4 is 0 Å². The first-order chi connectivity index (χ1) is 6.93. The lowest BCUT2D eigenvalue weighted by Gasteiger charge is -2.22. The Bertz CT molecular complexity index is 316. The Labute approximate surface area is 81.8 Å². The number of ether oxygens (including phenoxy) is 1. The summed E-state index contributed by atoms with van der Waals surface area (Å²) < 4.78 is 10.7. The van der Waals surface area contributed by atoms with Crippen molar-refractivity contribution in [3.63, 3.8) is 0 Å². The van der Waals surface area contributed by atoms with Crippen LogP contribution in [0.4, 0.5) is 0 Å². The lowest BCUT2D eigenvalue weighted by atomic mass is 10.0. The number of nitrogens with zero attached hydrogens (tertiary/aromatic N) is 2. The second-order valence-corrected chi connectivity index (χ2v) is 3.85. The molecule has 3 heterocycles. The predicted molar refractivity (Wildman–Crippen MR) is 47.8 cm³/mol. The van der Waals surface area contributed by atoms with Gasteiger partial charge in [0, 0.05) is 19.7 Å². The number of rotatable bonds is 2. The van der Waals surface area contributed by atoms with Crippen molar-refractivity contribution in [2.75, 3.05) is 19.7 Å². The summed E-state index contributed by atoms with van der Waals surface area (Å²) in [5, 5.41) is 7.14. The summed E-state index contributed by atoms with van der Waals surface area (Å²) in [6.45, 7) is 2.72. The van der Waals surface area contributed by atoms with E-state index in [1.807, 2.05) is 0 Å². The van der Waals surface area contributed by atoms with Gasteiger partial charge in [0.1, 0.15) is 6.10 Å². The highest BCUT2D eigenvalue weighted by Crippen LogP contribution is 2.27. The fraction of sp³-hybridized carbons (Fsp3) is 0.778. The summed E-state index contributed by atoms with van der Waals surface area (Å²) in [6.07, 6.45) is 2.18. The van der Waals surface area contributed by atoms with Crippen LogP contribution in [0, 0.1) is 0 Å². The maximum atomic E-state index is 5.48. The van der Waals surface area contributed by atoms with Gasteiger partial charge in [-0.15, -0.1) is 0 Å². The molecule has 1 atom stereocenters. The molecular formula is C9H13N3O2. The smallest absolute Gasteiger partial charge is 0.232 e. The molecule has 0 saturated carbocycles. The van der Waals surface area contributed by atoms with Crippen molar-refractivity contribution in [3.05, 3.63) is 11.7 Å². The first kappa shape index (κ1) is 8.38. The second kappa shape index (κ2) is 3.33. The molecule has 2 fully saturated rings. The minimum Gasteiger partial charge on any atom is -0.370 e. The molecule has 2 aliphatic heterocycles. The Balaban J connectivity index is 1.75. The molecule has 76 valence electrons. The first-order valence-electron chi connectivity index (χ1n) is 5.09. The molecule has 0 aromatic carbocycles. The minimum absolute atomic E-state index is 0.0699. The molecule has 0 spiro atoms. The standard InChI is InChI=1S/C9H13N3O2/c1-2-7(13-3-1)8-11-9(14-12-8)6-4-10-5-6/h6-7,10H,1-5H2. The molecule has 14 heavy (non-hydrogen) atoms. The van der Waals surface area contributed by atoms with Crippen molar-refractivity contribution in [2.45, 2.75) is 24.9 Å². The molecule has 1 aromatic rings. The fourth-order valence-corrected chi connectivity index (χ4v) is 1.79. The van der Waals surface area contributed by atoms with Crippen LogP contribution in [0.5, 0.6) is 0 Å². The lowest BCUT2D eigenvalue weighted by molar-refractivity contribution is 0.103. The van der Waals surface area contributed by atoms with E-state index in [1.165, 1.54) is 0 Å². The van der Waals surface area contributed by atoms with E-state index in [2.05, 4.69) is 15.5 Å². The normalized spacial score (nSPS) is 27.9. The largest absolute Gasteiger partial charge is 0.370 e. The van der Waals surface area contributed by atoms with Gasteiger partial charge < -0.3 is 14.6 Å². The van der Waals surface area contributed by atoms with Gasteiger partial charge >= 0.3 is 0 Å². The maximum absolute atomic E-state index is 5.48. The molecule has 0 aliphatic carbocycles. The summed E-state index contributed by atoms with van der Waals surface area (Å²) in [5.74, 6) is 1.90. The van der Waals surface area contributed by atoms with E-state index in [9.17, 15) is 0 Å². The van der Waals surface area contributed by atoms with Crippen molar-refractivity contribution in [1.82, 2.24) is 15.5 Å². The molecule has 0 bridgehead atoms. The highest BCUT2D eigenvalue weighted by Gasteiger charge is 2.28. The fourth-order valence-electron chi connectivity index (χ4n) is 1.79. The Morgan fingerprint density at radius 3 is 2.93 bits per heavy atom. The average Bonchev–Trinajstić information content (AvgIpc) is 2.65. The van der Waals surface area contributed by atoms with Crippen LogP contribution in [0.15, 0.2) is 4.52 Å². The van der Waals surface area contributed by atoms with E-state index in [0.717, 1.165) is 44.3 Å². The Morgan fingerprint density at radius 1 is 1.36 bits per heavy atom. The molecule has 3 rings (SSSR count). The molecule has 2 saturated heterocycles. The molecule has 0 radical (unpaired) electrons. The highest BCUT2D eigenvalue weighted by molar-refractivity contribution is 5.02. The van der Waals surface area contributed by atoms with Gasteiger partial charge in [-0.3, -0.25) is 0 Å². The van der Waals surface area contributed by atoms with Crippen molar-refractivity contribution in [3.8, 4) is 0 Å². The van der Waals surface area contributed by atoms with Gasteiger partial charge in [0.25, 0.3) is 0 Å². The third-order valence-electron chi connectivity index (χ3n) is 2.81. The summed E-state index contributed by atoms with van der Waals surface area (Å²) in [6, 6.07) is 0. The molecule has 1 N–H and O–H groups in total. The highest BCUT2D eigenvalue weighted by atomic mass is 16.5. The molecule has 1 unspecified atom stereocenters. The topological polar surface area (TPSA) is 60.2 Å². The molecule has 2 aliphatic rings. The van der Waals surface area contributed by atoms with Crippen LogP contribution in [0.3, 0.4) is 0 Å². The van der Waals surface area contributed by atoms with Crippen LogP contribution in [0.2, 0.25) is 0 Å². The van der Waals surface area contributed by atoms with E-state index in [4.69, 9.17) is 9.26 Å². The van der Waals surface area contributed by atoms with Crippen LogP contribution in [-0.2, 0) is 4.74 Å². The van der Waals surface area contributed by atoms with Crippen molar-refractivity contribution < 1.29 is 9.26 Å². The number of aromatic nitrogens is 2. The Hall–Kier alpha value is -0.940. The number of nitrogens with one attached hydrogen (secondary N) is 1. The summed E-state index contributed by atoms with van der Waals surface area (Å²) in [4.78, 5) is 4.37. The van der Waals surface area contributed by atoms with Crippen LogP contribution < -0.4 is 5.32 Å². The monoisotopic (exact) mass is 195 g/mol. The zero-order valence-corrected chi connectivity index (χ0v) is 7.90. The Morgan fingerprint density at radius 2 is 2.29 bits per heavy atom. The molecule has 0 amide bonds. The summed E-state index contributed by atoms with van der Waals surface area (Å²) in [7, 11) is 0. The van der Waals surface area contributed by atoms with E-state index in [-0.39, 0.29) is 6.10 Å². The van der Waals surface area contributed by atoms with Gasteiger partial charge in [0.15, 0.2) is 0 Å². The average molecular weight is 195 g/mol. The van der Waals surface area contributed by atoms with E-state index in [0.29, 0.717) is 5.92 Å². The molecule has 5 heteroatoms. The zero-order chi connectivity index (χ0) is 9.38. The lowest BCUT2D eigenvalue weighted by Crippen LogP contribution is -2.40. The van der Waals surface area contributed by atoms with Crippen LogP contribution >= 0.6 is 0 Å². The predicted octanol–water partition coefficient (Wildman–Crippen LogP) is 0.608. The molecule has 1 aromatic heterocycles. The van der Waals surface area contributed by atoms with Gasteiger partial charge in [0.05, 0.1) is 5.92 Å². The third kappa shape index (κ3) is 1.33. The molecule has 5 nitrogen and oxygen atoms in total. The number of hydrogen-bond acceptors (Lipinski definition) is 5. The summed E-state index contributed by atoms with van der Waals surface area (Å²) in [5.41, 5.74) is 0. The Kier molecular flexibility index (Phi) is 1.99. The number of hydrogen-bond donors (Lipinski definition) is 1. The van der Waals surface area contributed by atoms with E-state index in [1.54, 1.807) is 0 Å². The minimum atomic E-state index is 0.0699. The first-order valence-corrected chi connectivity index (χ1v) is 5.09. The third-order valence-corrected chi connectivity index (χ3v) is 2.81. The van der Waals surface area contributed by atoms with Gasteiger partial charge in [0.2, 0.25) is 11.7 Å². The van der Waals surface area contributed by atoms with Gasteiger partial charge in [-0.1, -0.05) is 5.16 Å². The van der Waals surface area contributed by atoms with Gasteiger partial charge in [-0.05, 0) is 12.8 Å². The van der Waals surface area contributed by atoms with Gasteiger partial charge in [-0.25, -0.2) is 0 Å². The van der Waals surface area contributed by atoms with Crippen LogP contribution in [0.1, 0.15) is 36.6 Å². The summed E-state index contributed by atoms with van der Waals surface area (Å²) >= 11 is 0. The van der Waals surface area contributed by atoms with Crippen LogP contribution in [0.25, 0.3) is 0 Å². The maximum Gasteiger partial charge on any atom is 0.232 e. The quantitative estimate of drug-likeness (QED) is 0.749. The molecular weight excluding hydrogens is 182 g/mol. The van der Waals surface area contributed by atoms with Crippen LogP contribution in [-0.4, -0.2) is 29.8 Å². The van der Waals surface area contributed by atoms with Gasteiger partial charge in [-0.2, -0.15) is 4.98 Å². The van der Waals surface area contributed by atoms with E-state index < -0.39 is 0 Å².